The Bertz CT molecular complexity index is 353. The molecule has 0 aliphatic carbocycles. The van der Waals surface area contributed by atoms with Gasteiger partial charge in [0.15, 0.2) is 5.76 Å². The summed E-state index contributed by atoms with van der Waals surface area (Å²) in [6.45, 7) is -0.0653. The molecule has 0 amide bonds. The smallest absolute Gasteiger partial charge is 0.153 e. The molecule has 0 saturated heterocycles. The quantitative estimate of drug-likeness (QED) is 0.769. The lowest BCUT2D eigenvalue weighted by atomic mass is 10.3. The minimum absolute atomic E-state index is 0.0653. The van der Waals surface area contributed by atoms with Crippen molar-refractivity contribution in [1.29, 1.82) is 0 Å². The van der Waals surface area contributed by atoms with Crippen molar-refractivity contribution in [2.45, 2.75) is 6.61 Å². The van der Waals surface area contributed by atoms with Crippen LogP contribution in [0.15, 0.2) is 28.0 Å². The maximum atomic E-state index is 8.74. The molecule has 12 heavy (non-hydrogen) atoms. The van der Waals surface area contributed by atoms with Gasteiger partial charge in [-0.25, -0.2) is 0 Å². The lowest BCUT2D eigenvalue weighted by Gasteiger charge is -1.88. The molecule has 0 aliphatic rings. The molecule has 2 rings (SSSR count). The summed E-state index contributed by atoms with van der Waals surface area (Å²) in [4.78, 5) is 0. The van der Waals surface area contributed by atoms with Crippen LogP contribution in [0.4, 0.5) is 0 Å². The van der Waals surface area contributed by atoms with Crippen LogP contribution in [0.25, 0.3) is 11.5 Å². The molecule has 0 spiro atoms. The number of aromatic nitrogens is 1. The largest absolute Gasteiger partial charge is 0.457 e. The van der Waals surface area contributed by atoms with Crippen molar-refractivity contribution >= 4 is 11.5 Å². The molecule has 2 heterocycles. The number of hydrogen-bond donors (Lipinski definition) is 1. The standard InChI is InChI=1S/C8H7NO2S/c10-5-6-1-2-8(11-6)7-3-4-12-9-7/h1-4,10H,5H2. The van der Waals surface area contributed by atoms with Crippen molar-refractivity contribution in [3.63, 3.8) is 0 Å². The van der Waals surface area contributed by atoms with E-state index in [1.165, 1.54) is 11.5 Å². The first-order valence-corrected chi connectivity index (χ1v) is 4.34. The Kier molecular flexibility index (Phi) is 1.93. The second-order valence-corrected chi connectivity index (χ2v) is 2.97. The van der Waals surface area contributed by atoms with Crippen LogP contribution in [-0.2, 0) is 6.61 Å². The lowest BCUT2D eigenvalue weighted by Crippen LogP contribution is -1.74. The summed E-state index contributed by atoms with van der Waals surface area (Å²) in [5.41, 5.74) is 0.819. The van der Waals surface area contributed by atoms with E-state index in [9.17, 15) is 0 Å². The fourth-order valence-electron chi connectivity index (χ4n) is 0.940. The first kappa shape index (κ1) is 7.52. The van der Waals surface area contributed by atoms with Crippen molar-refractivity contribution < 1.29 is 9.52 Å². The van der Waals surface area contributed by atoms with E-state index >= 15 is 0 Å². The Morgan fingerprint density at radius 3 is 2.92 bits per heavy atom. The maximum Gasteiger partial charge on any atom is 0.153 e. The molecule has 0 aromatic carbocycles. The second-order valence-electron chi connectivity index (χ2n) is 2.31. The van der Waals surface area contributed by atoms with Crippen LogP contribution < -0.4 is 0 Å². The van der Waals surface area contributed by atoms with Crippen LogP contribution in [0.1, 0.15) is 5.76 Å². The van der Waals surface area contributed by atoms with Gasteiger partial charge in [-0.3, -0.25) is 0 Å². The number of hydrogen-bond acceptors (Lipinski definition) is 4. The summed E-state index contributed by atoms with van der Waals surface area (Å²) in [7, 11) is 0. The highest BCUT2D eigenvalue weighted by molar-refractivity contribution is 7.03. The molecule has 0 radical (unpaired) electrons. The van der Waals surface area contributed by atoms with Crippen LogP contribution in [0, 0.1) is 0 Å². The minimum atomic E-state index is -0.0653. The van der Waals surface area contributed by atoms with Crippen molar-refractivity contribution in [3.8, 4) is 11.5 Å². The van der Waals surface area contributed by atoms with Crippen LogP contribution in [0.5, 0.6) is 0 Å². The van der Waals surface area contributed by atoms with Gasteiger partial charge in [0, 0.05) is 5.38 Å². The summed E-state index contributed by atoms with van der Waals surface area (Å²) in [6, 6.07) is 5.43. The van der Waals surface area contributed by atoms with Crippen LogP contribution >= 0.6 is 11.5 Å². The molecule has 0 unspecified atom stereocenters. The van der Waals surface area contributed by atoms with Gasteiger partial charge in [0.2, 0.25) is 0 Å². The number of rotatable bonds is 2. The normalized spacial score (nSPS) is 10.4. The van der Waals surface area contributed by atoms with E-state index in [2.05, 4.69) is 4.37 Å². The van der Waals surface area contributed by atoms with E-state index in [4.69, 9.17) is 9.52 Å². The Hall–Kier alpha value is -1.13. The van der Waals surface area contributed by atoms with Gasteiger partial charge in [0.1, 0.15) is 18.1 Å². The van der Waals surface area contributed by atoms with E-state index in [1.54, 1.807) is 12.1 Å². The third-order valence-electron chi connectivity index (χ3n) is 1.51. The predicted molar refractivity (Wildman–Crippen MR) is 45.7 cm³/mol. The van der Waals surface area contributed by atoms with E-state index in [-0.39, 0.29) is 6.61 Å². The Morgan fingerprint density at radius 1 is 1.42 bits per heavy atom. The van der Waals surface area contributed by atoms with Gasteiger partial charge < -0.3 is 9.52 Å². The zero-order chi connectivity index (χ0) is 8.39. The molecule has 3 nitrogen and oxygen atoms in total. The SMILES string of the molecule is OCc1ccc(-c2ccsn2)o1. The third kappa shape index (κ3) is 1.26. The van der Waals surface area contributed by atoms with Gasteiger partial charge in [-0.15, -0.1) is 0 Å². The van der Waals surface area contributed by atoms with E-state index in [1.807, 2.05) is 11.4 Å². The van der Waals surface area contributed by atoms with Crippen molar-refractivity contribution in [2.75, 3.05) is 0 Å². The van der Waals surface area contributed by atoms with Crippen molar-refractivity contribution in [3.05, 3.63) is 29.3 Å². The van der Waals surface area contributed by atoms with Crippen LogP contribution in [-0.4, -0.2) is 9.48 Å². The molecule has 0 saturated carbocycles. The first-order chi connectivity index (χ1) is 5.90. The summed E-state index contributed by atoms with van der Waals surface area (Å²) in [5, 5.41) is 10.6. The predicted octanol–water partition coefficient (Wildman–Crippen LogP) is 1.90. The summed E-state index contributed by atoms with van der Waals surface area (Å²) < 4.78 is 9.37. The number of furan rings is 1. The molecule has 0 atom stereocenters. The van der Waals surface area contributed by atoms with Gasteiger partial charge in [0.05, 0.1) is 0 Å². The number of aliphatic hydroxyl groups is 1. The molecular formula is C8H7NO2S. The highest BCUT2D eigenvalue weighted by Crippen LogP contribution is 2.21. The van der Waals surface area contributed by atoms with Gasteiger partial charge in [-0.05, 0) is 29.7 Å². The maximum absolute atomic E-state index is 8.74. The van der Waals surface area contributed by atoms with Gasteiger partial charge >= 0.3 is 0 Å². The highest BCUT2D eigenvalue weighted by Gasteiger charge is 2.04. The monoisotopic (exact) mass is 181 g/mol. The first-order valence-electron chi connectivity index (χ1n) is 3.50. The summed E-state index contributed by atoms with van der Waals surface area (Å²) in [5.74, 6) is 1.28. The fraction of sp³-hybridized carbons (Fsp3) is 0.125. The van der Waals surface area contributed by atoms with Crippen LogP contribution in [0.2, 0.25) is 0 Å². The second kappa shape index (κ2) is 3.08. The topological polar surface area (TPSA) is 46.3 Å². The molecule has 0 aliphatic heterocycles. The third-order valence-corrected chi connectivity index (χ3v) is 2.07. The average Bonchev–Trinajstić information content (AvgIpc) is 2.75. The fourth-order valence-corrected chi connectivity index (χ4v) is 1.46. The van der Waals surface area contributed by atoms with Crippen molar-refractivity contribution in [1.82, 2.24) is 4.37 Å². The van der Waals surface area contributed by atoms with Gasteiger partial charge in [-0.1, -0.05) is 0 Å². The summed E-state index contributed by atoms with van der Waals surface area (Å²) in [6.07, 6.45) is 0. The van der Waals surface area contributed by atoms with Gasteiger partial charge in [-0.2, -0.15) is 4.37 Å². The Balaban J connectivity index is 2.35. The average molecular weight is 181 g/mol. The Morgan fingerprint density at radius 2 is 2.33 bits per heavy atom. The minimum Gasteiger partial charge on any atom is -0.457 e. The zero-order valence-electron chi connectivity index (χ0n) is 6.23. The Labute approximate surface area is 73.4 Å². The summed E-state index contributed by atoms with van der Waals surface area (Å²) >= 11 is 1.38. The van der Waals surface area contributed by atoms with Gasteiger partial charge in [0.25, 0.3) is 0 Å². The lowest BCUT2D eigenvalue weighted by molar-refractivity contribution is 0.248. The van der Waals surface area contributed by atoms with E-state index < -0.39 is 0 Å². The molecule has 1 N–H and O–H groups in total. The molecule has 0 bridgehead atoms. The molecule has 2 aromatic heterocycles. The van der Waals surface area contributed by atoms with Crippen LogP contribution in [0.3, 0.4) is 0 Å². The van der Waals surface area contributed by atoms with Crippen molar-refractivity contribution in [2.24, 2.45) is 0 Å². The number of nitrogens with zero attached hydrogens (tertiary/aromatic N) is 1. The molecule has 2 aromatic rings. The molecule has 62 valence electrons. The molecule has 0 fully saturated rings. The van der Waals surface area contributed by atoms with E-state index in [0.29, 0.717) is 11.5 Å². The number of aliphatic hydroxyl groups excluding tert-OH is 1. The molecular weight excluding hydrogens is 174 g/mol. The molecule has 4 heteroatoms. The van der Waals surface area contributed by atoms with E-state index in [0.717, 1.165) is 5.69 Å². The highest BCUT2D eigenvalue weighted by atomic mass is 32.1. The zero-order valence-corrected chi connectivity index (χ0v) is 7.04.